The van der Waals surface area contributed by atoms with E-state index in [0.29, 0.717) is 12.8 Å². The molecule has 0 bridgehead atoms. The molecule has 1 aromatic carbocycles. The summed E-state index contributed by atoms with van der Waals surface area (Å²) in [6, 6.07) is 7.89. The van der Waals surface area contributed by atoms with Crippen LogP contribution in [0.3, 0.4) is 0 Å². The molecule has 25 heavy (non-hydrogen) atoms. The first kappa shape index (κ1) is 17.9. The minimum atomic E-state index is -0.103. The summed E-state index contributed by atoms with van der Waals surface area (Å²) in [6.45, 7) is 4.20. The van der Waals surface area contributed by atoms with Crippen molar-refractivity contribution in [3.05, 3.63) is 29.8 Å². The molecule has 0 saturated carbocycles. The van der Waals surface area contributed by atoms with Crippen LogP contribution in [-0.2, 0) is 16.0 Å². The van der Waals surface area contributed by atoms with Crippen molar-refractivity contribution in [3.8, 4) is 0 Å². The maximum Gasteiger partial charge on any atom is 0.227 e. The van der Waals surface area contributed by atoms with Crippen LogP contribution in [0.5, 0.6) is 0 Å². The molecule has 0 aliphatic carbocycles. The number of rotatable bonds is 7. The Kier molecular flexibility index (Phi) is 6.45. The van der Waals surface area contributed by atoms with Gasteiger partial charge >= 0.3 is 0 Å². The van der Waals surface area contributed by atoms with Gasteiger partial charge in [0.1, 0.15) is 0 Å². The van der Waals surface area contributed by atoms with E-state index in [1.165, 1.54) is 32.4 Å². The van der Waals surface area contributed by atoms with E-state index in [2.05, 4.69) is 15.5 Å². The first-order chi connectivity index (χ1) is 12.2. The van der Waals surface area contributed by atoms with Crippen molar-refractivity contribution in [2.75, 3.05) is 31.5 Å². The molecule has 0 spiro atoms. The molecule has 1 fully saturated rings. The number of fused-ring (bicyclic) bond motifs is 1. The summed E-state index contributed by atoms with van der Waals surface area (Å²) < 4.78 is 0. The highest BCUT2D eigenvalue weighted by Gasteiger charge is 2.26. The molecule has 136 valence electrons. The number of nitrogens with one attached hydrogen (secondary N) is 2. The fourth-order valence-corrected chi connectivity index (χ4v) is 3.75. The summed E-state index contributed by atoms with van der Waals surface area (Å²) >= 11 is 0. The first-order valence-corrected chi connectivity index (χ1v) is 9.60. The SMILES string of the molecule is O=C(CCC1Cc2ccccc2NC1=O)NCCCN1CCCCC1. The number of anilines is 1. The van der Waals surface area contributed by atoms with Crippen LogP contribution in [0.25, 0.3) is 0 Å². The lowest BCUT2D eigenvalue weighted by atomic mass is 9.89. The number of para-hydroxylation sites is 1. The van der Waals surface area contributed by atoms with Crippen molar-refractivity contribution in [1.82, 2.24) is 10.2 Å². The van der Waals surface area contributed by atoms with Crippen molar-refractivity contribution in [1.29, 1.82) is 0 Å². The number of amides is 2. The number of carbonyl (C=O) groups excluding carboxylic acids is 2. The number of nitrogens with zero attached hydrogens (tertiary/aromatic N) is 1. The van der Waals surface area contributed by atoms with E-state index in [0.717, 1.165) is 37.2 Å². The molecule has 2 aliphatic heterocycles. The van der Waals surface area contributed by atoms with Crippen LogP contribution in [0, 0.1) is 5.92 Å². The van der Waals surface area contributed by atoms with Gasteiger partial charge in [-0.3, -0.25) is 9.59 Å². The maximum absolute atomic E-state index is 12.2. The average molecular weight is 343 g/mol. The number of carbonyl (C=O) groups is 2. The van der Waals surface area contributed by atoms with E-state index in [4.69, 9.17) is 0 Å². The summed E-state index contributed by atoms with van der Waals surface area (Å²) in [7, 11) is 0. The molecule has 0 radical (unpaired) electrons. The standard InChI is InChI=1S/C20H29N3O2/c24-19(21-11-6-14-23-12-4-1-5-13-23)10-9-17-15-16-7-2-3-8-18(16)22-20(17)25/h2-3,7-8,17H,1,4-6,9-15H2,(H,21,24)(H,22,25). The second-order valence-electron chi connectivity index (χ2n) is 7.19. The van der Waals surface area contributed by atoms with Crippen LogP contribution in [0.15, 0.2) is 24.3 Å². The molecule has 2 heterocycles. The van der Waals surface area contributed by atoms with Gasteiger partial charge in [0.05, 0.1) is 0 Å². The zero-order chi connectivity index (χ0) is 17.5. The fraction of sp³-hybridized carbons (Fsp3) is 0.600. The van der Waals surface area contributed by atoms with Crippen molar-refractivity contribution in [2.45, 2.75) is 44.9 Å². The third-order valence-electron chi connectivity index (χ3n) is 5.25. The summed E-state index contributed by atoms with van der Waals surface area (Å²) in [5, 5.41) is 5.94. The highest BCUT2D eigenvalue weighted by molar-refractivity contribution is 5.96. The molecule has 3 rings (SSSR count). The van der Waals surface area contributed by atoms with Crippen LogP contribution in [0.4, 0.5) is 5.69 Å². The second-order valence-corrected chi connectivity index (χ2v) is 7.19. The lowest BCUT2D eigenvalue weighted by molar-refractivity contribution is -0.122. The maximum atomic E-state index is 12.2. The van der Waals surface area contributed by atoms with E-state index in [1.54, 1.807) is 0 Å². The lowest BCUT2D eigenvalue weighted by Crippen LogP contribution is -2.34. The highest BCUT2D eigenvalue weighted by Crippen LogP contribution is 2.27. The Morgan fingerprint density at radius 1 is 1.20 bits per heavy atom. The van der Waals surface area contributed by atoms with Gasteiger partial charge in [0.15, 0.2) is 0 Å². The molecular formula is C20H29N3O2. The number of hydrogen-bond donors (Lipinski definition) is 2. The molecule has 2 N–H and O–H groups in total. The molecular weight excluding hydrogens is 314 g/mol. The molecule has 1 saturated heterocycles. The summed E-state index contributed by atoms with van der Waals surface area (Å²) in [6.07, 6.45) is 6.72. The summed E-state index contributed by atoms with van der Waals surface area (Å²) in [5.41, 5.74) is 2.07. The Labute approximate surface area is 150 Å². The minimum Gasteiger partial charge on any atom is -0.356 e. The van der Waals surface area contributed by atoms with Gasteiger partial charge in [0.2, 0.25) is 11.8 Å². The summed E-state index contributed by atoms with van der Waals surface area (Å²) in [4.78, 5) is 26.7. The van der Waals surface area contributed by atoms with Crippen molar-refractivity contribution >= 4 is 17.5 Å². The Balaban J connectivity index is 1.33. The third-order valence-corrected chi connectivity index (χ3v) is 5.25. The van der Waals surface area contributed by atoms with E-state index in [-0.39, 0.29) is 17.7 Å². The quantitative estimate of drug-likeness (QED) is 0.748. The Morgan fingerprint density at radius 2 is 2.00 bits per heavy atom. The van der Waals surface area contributed by atoms with Gasteiger partial charge in [-0.05, 0) is 63.4 Å². The van der Waals surface area contributed by atoms with E-state index in [1.807, 2.05) is 24.3 Å². The van der Waals surface area contributed by atoms with Crippen LogP contribution in [0.2, 0.25) is 0 Å². The van der Waals surface area contributed by atoms with Crippen molar-refractivity contribution in [2.24, 2.45) is 5.92 Å². The van der Waals surface area contributed by atoms with Gasteiger partial charge in [0.25, 0.3) is 0 Å². The molecule has 2 aliphatic rings. The van der Waals surface area contributed by atoms with E-state index >= 15 is 0 Å². The van der Waals surface area contributed by atoms with E-state index < -0.39 is 0 Å². The van der Waals surface area contributed by atoms with Gasteiger partial charge in [-0.2, -0.15) is 0 Å². The fourth-order valence-electron chi connectivity index (χ4n) is 3.75. The van der Waals surface area contributed by atoms with E-state index in [9.17, 15) is 9.59 Å². The normalized spacial score (nSPS) is 20.6. The lowest BCUT2D eigenvalue weighted by Gasteiger charge is -2.26. The molecule has 1 unspecified atom stereocenters. The first-order valence-electron chi connectivity index (χ1n) is 9.60. The predicted octanol–water partition coefficient (Wildman–Crippen LogP) is 2.57. The predicted molar refractivity (Wildman–Crippen MR) is 99.4 cm³/mol. The minimum absolute atomic E-state index is 0.0385. The van der Waals surface area contributed by atoms with Crippen LogP contribution < -0.4 is 10.6 Å². The third kappa shape index (κ3) is 5.30. The number of likely N-dealkylation sites (tertiary alicyclic amines) is 1. The van der Waals surface area contributed by atoms with Crippen molar-refractivity contribution in [3.63, 3.8) is 0 Å². The molecule has 5 nitrogen and oxygen atoms in total. The van der Waals surface area contributed by atoms with Crippen LogP contribution >= 0.6 is 0 Å². The zero-order valence-electron chi connectivity index (χ0n) is 14.9. The van der Waals surface area contributed by atoms with Gasteiger partial charge in [0, 0.05) is 24.6 Å². The summed E-state index contributed by atoms with van der Waals surface area (Å²) in [5.74, 6) is -0.00380. The molecule has 1 aromatic rings. The topological polar surface area (TPSA) is 61.4 Å². The average Bonchev–Trinajstić information content (AvgIpc) is 2.64. The number of benzene rings is 1. The van der Waals surface area contributed by atoms with Gasteiger partial charge in [-0.15, -0.1) is 0 Å². The Morgan fingerprint density at radius 3 is 2.84 bits per heavy atom. The monoisotopic (exact) mass is 343 g/mol. The molecule has 2 amide bonds. The number of hydrogen-bond acceptors (Lipinski definition) is 3. The Hall–Kier alpha value is -1.88. The van der Waals surface area contributed by atoms with Crippen LogP contribution in [0.1, 0.15) is 44.1 Å². The van der Waals surface area contributed by atoms with Crippen molar-refractivity contribution < 1.29 is 9.59 Å². The van der Waals surface area contributed by atoms with Crippen LogP contribution in [-0.4, -0.2) is 42.9 Å². The Bertz CT molecular complexity index is 596. The molecule has 5 heteroatoms. The van der Waals surface area contributed by atoms with Gasteiger partial charge in [-0.25, -0.2) is 0 Å². The second kappa shape index (κ2) is 8.99. The number of piperidine rings is 1. The van der Waals surface area contributed by atoms with Gasteiger partial charge < -0.3 is 15.5 Å². The van der Waals surface area contributed by atoms with Gasteiger partial charge in [-0.1, -0.05) is 24.6 Å². The molecule has 1 atom stereocenters. The highest BCUT2D eigenvalue weighted by atomic mass is 16.2. The largest absolute Gasteiger partial charge is 0.356 e. The molecule has 0 aromatic heterocycles. The smallest absolute Gasteiger partial charge is 0.227 e. The zero-order valence-corrected chi connectivity index (χ0v) is 14.9.